The summed E-state index contributed by atoms with van der Waals surface area (Å²) >= 11 is 0. The van der Waals surface area contributed by atoms with Crippen LogP contribution in [0.15, 0.2) is 30.6 Å². The van der Waals surface area contributed by atoms with Gasteiger partial charge in [0.2, 0.25) is 5.88 Å². The maximum atomic E-state index is 5.84. The second-order valence-corrected chi connectivity index (χ2v) is 5.36. The largest absolute Gasteiger partial charge is 0.437 e. The van der Waals surface area contributed by atoms with Crippen molar-refractivity contribution in [3.05, 3.63) is 47.4 Å². The van der Waals surface area contributed by atoms with Crippen molar-refractivity contribution in [3.63, 3.8) is 0 Å². The van der Waals surface area contributed by atoms with E-state index in [1.165, 1.54) is 17.5 Å². The molecule has 0 bridgehead atoms. The molecule has 2 heterocycles. The minimum Gasteiger partial charge on any atom is -0.437 e. The molecule has 4 heteroatoms. The zero-order valence-electron chi connectivity index (χ0n) is 11.9. The molecular weight excluding hydrogens is 250 g/mol. The number of ether oxygens (including phenoxy) is 1. The quantitative estimate of drug-likeness (QED) is 0.928. The maximum Gasteiger partial charge on any atom is 0.238 e. The Bertz CT molecular complexity index is 586. The Labute approximate surface area is 119 Å². The monoisotopic (exact) mass is 269 g/mol. The van der Waals surface area contributed by atoms with Crippen LogP contribution in [-0.4, -0.2) is 16.5 Å². The van der Waals surface area contributed by atoms with Crippen molar-refractivity contribution >= 4 is 0 Å². The normalized spacial score (nSPS) is 18.2. The first-order valence-corrected chi connectivity index (χ1v) is 7.02. The zero-order chi connectivity index (χ0) is 13.9. The van der Waals surface area contributed by atoms with E-state index in [0.29, 0.717) is 11.9 Å². The van der Waals surface area contributed by atoms with Crippen LogP contribution >= 0.6 is 0 Å². The van der Waals surface area contributed by atoms with Crippen molar-refractivity contribution in [2.75, 3.05) is 6.54 Å². The molecule has 1 aliphatic rings. The molecule has 1 aromatic carbocycles. The lowest BCUT2D eigenvalue weighted by atomic mass is 10.1. The SMILES string of the molecule is Cc1cc(C)cc(Oc2cncc(C3CCCN3)n2)c1. The van der Waals surface area contributed by atoms with Gasteiger partial charge in [-0.15, -0.1) is 0 Å². The molecule has 1 atom stereocenters. The van der Waals surface area contributed by atoms with Crippen molar-refractivity contribution in [2.24, 2.45) is 0 Å². The molecule has 0 saturated carbocycles. The van der Waals surface area contributed by atoms with Crippen LogP contribution in [0.5, 0.6) is 11.6 Å². The Morgan fingerprint density at radius 3 is 2.65 bits per heavy atom. The summed E-state index contributed by atoms with van der Waals surface area (Å²) in [7, 11) is 0. The molecule has 0 spiro atoms. The van der Waals surface area contributed by atoms with E-state index < -0.39 is 0 Å². The van der Waals surface area contributed by atoms with Crippen LogP contribution in [0.2, 0.25) is 0 Å². The van der Waals surface area contributed by atoms with Gasteiger partial charge in [-0.05, 0) is 56.5 Å². The van der Waals surface area contributed by atoms with Crippen LogP contribution < -0.4 is 10.1 Å². The Morgan fingerprint density at radius 2 is 1.95 bits per heavy atom. The van der Waals surface area contributed by atoms with Gasteiger partial charge in [0.05, 0.1) is 24.1 Å². The standard InChI is InChI=1S/C16H19N3O/c1-11-6-12(2)8-13(7-11)20-16-10-17-9-15(19-16)14-4-3-5-18-14/h6-10,14,18H,3-5H2,1-2H3. The number of hydrogen-bond acceptors (Lipinski definition) is 4. The zero-order valence-corrected chi connectivity index (χ0v) is 11.9. The summed E-state index contributed by atoms with van der Waals surface area (Å²) in [5.41, 5.74) is 3.33. The first kappa shape index (κ1) is 13.1. The Morgan fingerprint density at radius 1 is 1.15 bits per heavy atom. The van der Waals surface area contributed by atoms with E-state index in [1.807, 2.05) is 18.3 Å². The third kappa shape index (κ3) is 2.96. The van der Waals surface area contributed by atoms with Crippen LogP contribution in [0.1, 0.15) is 35.7 Å². The van der Waals surface area contributed by atoms with Gasteiger partial charge in [-0.2, -0.15) is 0 Å². The highest BCUT2D eigenvalue weighted by Gasteiger charge is 2.18. The summed E-state index contributed by atoms with van der Waals surface area (Å²) in [5, 5.41) is 3.42. The van der Waals surface area contributed by atoms with E-state index in [-0.39, 0.29) is 0 Å². The molecule has 1 N–H and O–H groups in total. The van der Waals surface area contributed by atoms with Crippen LogP contribution in [0.4, 0.5) is 0 Å². The van der Waals surface area contributed by atoms with Gasteiger partial charge in [-0.1, -0.05) is 6.07 Å². The van der Waals surface area contributed by atoms with Crippen molar-refractivity contribution in [1.29, 1.82) is 0 Å². The fourth-order valence-corrected chi connectivity index (χ4v) is 2.63. The molecule has 1 aromatic heterocycles. The lowest BCUT2D eigenvalue weighted by molar-refractivity contribution is 0.452. The molecule has 0 aliphatic carbocycles. The van der Waals surface area contributed by atoms with Gasteiger partial charge in [0.1, 0.15) is 5.75 Å². The van der Waals surface area contributed by atoms with Gasteiger partial charge in [0.15, 0.2) is 0 Å². The summed E-state index contributed by atoms with van der Waals surface area (Å²) in [6, 6.07) is 6.45. The van der Waals surface area contributed by atoms with Gasteiger partial charge >= 0.3 is 0 Å². The second kappa shape index (κ2) is 5.59. The Balaban J connectivity index is 1.81. The van der Waals surface area contributed by atoms with Crippen molar-refractivity contribution in [2.45, 2.75) is 32.7 Å². The third-order valence-electron chi connectivity index (χ3n) is 3.47. The minimum absolute atomic E-state index is 0.310. The highest BCUT2D eigenvalue weighted by molar-refractivity contribution is 5.35. The lowest BCUT2D eigenvalue weighted by Crippen LogP contribution is -2.14. The molecule has 1 unspecified atom stereocenters. The summed E-state index contributed by atoms with van der Waals surface area (Å²) in [5.74, 6) is 1.37. The van der Waals surface area contributed by atoms with E-state index in [4.69, 9.17) is 4.74 Å². The molecule has 1 fully saturated rings. The van der Waals surface area contributed by atoms with E-state index in [9.17, 15) is 0 Å². The average molecular weight is 269 g/mol. The van der Waals surface area contributed by atoms with Crippen molar-refractivity contribution < 1.29 is 4.74 Å². The number of nitrogens with zero attached hydrogens (tertiary/aromatic N) is 2. The smallest absolute Gasteiger partial charge is 0.238 e. The second-order valence-electron chi connectivity index (χ2n) is 5.36. The molecule has 20 heavy (non-hydrogen) atoms. The number of aromatic nitrogens is 2. The number of hydrogen-bond donors (Lipinski definition) is 1. The lowest BCUT2D eigenvalue weighted by Gasteiger charge is -2.11. The molecule has 1 aliphatic heterocycles. The fourth-order valence-electron chi connectivity index (χ4n) is 2.63. The van der Waals surface area contributed by atoms with Crippen LogP contribution in [0.3, 0.4) is 0 Å². The third-order valence-corrected chi connectivity index (χ3v) is 3.47. The van der Waals surface area contributed by atoms with Gasteiger partial charge in [0, 0.05) is 0 Å². The summed E-state index contributed by atoms with van der Waals surface area (Å²) in [6.07, 6.45) is 5.78. The van der Waals surface area contributed by atoms with Crippen LogP contribution in [-0.2, 0) is 0 Å². The van der Waals surface area contributed by atoms with Gasteiger partial charge in [0.25, 0.3) is 0 Å². The van der Waals surface area contributed by atoms with Crippen molar-refractivity contribution in [1.82, 2.24) is 15.3 Å². The first-order valence-electron chi connectivity index (χ1n) is 7.02. The molecule has 104 valence electrons. The summed E-state index contributed by atoms with van der Waals surface area (Å²) in [4.78, 5) is 8.80. The minimum atomic E-state index is 0.310. The van der Waals surface area contributed by atoms with E-state index in [0.717, 1.165) is 24.4 Å². The predicted octanol–water partition coefficient (Wildman–Crippen LogP) is 3.31. The van der Waals surface area contributed by atoms with E-state index >= 15 is 0 Å². The van der Waals surface area contributed by atoms with E-state index in [1.54, 1.807) is 6.20 Å². The van der Waals surface area contributed by atoms with Gasteiger partial charge < -0.3 is 10.1 Å². The van der Waals surface area contributed by atoms with Gasteiger partial charge in [-0.3, -0.25) is 4.98 Å². The number of rotatable bonds is 3. The number of aryl methyl sites for hydroxylation is 2. The van der Waals surface area contributed by atoms with Gasteiger partial charge in [-0.25, -0.2) is 4.98 Å². The Kier molecular flexibility index (Phi) is 3.65. The average Bonchev–Trinajstić information content (AvgIpc) is 2.91. The molecule has 0 radical (unpaired) electrons. The highest BCUT2D eigenvalue weighted by atomic mass is 16.5. The van der Waals surface area contributed by atoms with E-state index in [2.05, 4.69) is 35.2 Å². The highest BCUT2D eigenvalue weighted by Crippen LogP contribution is 2.25. The molecule has 1 saturated heterocycles. The Hall–Kier alpha value is -1.94. The fraction of sp³-hybridized carbons (Fsp3) is 0.375. The predicted molar refractivity (Wildman–Crippen MR) is 78.0 cm³/mol. The molecule has 0 amide bonds. The summed E-state index contributed by atoms with van der Waals surface area (Å²) in [6.45, 7) is 5.17. The maximum absolute atomic E-state index is 5.84. The topological polar surface area (TPSA) is 47.0 Å². The van der Waals surface area contributed by atoms with Crippen LogP contribution in [0.25, 0.3) is 0 Å². The summed E-state index contributed by atoms with van der Waals surface area (Å²) < 4.78 is 5.84. The molecule has 3 rings (SSSR count). The number of benzene rings is 1. The molecule has 4 nitrogen and oxygen atoms in total. The molecular formula is C16H19N3O. The number of nitrogens with one attached hydrogen (secondary N) is 1. The molecule has 2 aromatic rings. The van der Waals surface area contributed by atoms with Crippen LogP contribution in [0, 0.1) is 13.8 Å². The van der Waals surface area contributed by atoms with Crippen molar-refractivity contribution in [3.8, 4) is 11.6 Å². The first-order chi connectivity index (χ1) is 9.70.